The normalized spacial score (nSPS) is 25.4. The first-order valence-electron chi connectivity index (χ1n) is 11.3. The lowest BCUT2D eigenvalue weighted by Gasteiger charge is -2.52. The Kier molecular flexibility index (Phi) is 5.16. The quantitative estimate of drug-likeness (QED) is 0.788. The molecule has 2 aromatic rings. The van der Waals surface area contributed by atoms with Crippen LogP contribution in [-0.4, -0.2) is 57.6 Å². The Morgan fingerprint density at radius 2 is 2.13 bits per heavy atom. The van der Waals surface area contributed by atoms with Gasteiger partial charge in [-0.05, 0) is 57.1 Å². The molecule has 3 saturated heterocycles. The Morgan fingerprint density at radius 3 is 2.87 bits per heavy atom. The van der Waals surface area contributed by atoms with Crippen molar-refractivity contribution >= 4 is 17.6 Å². The van der Waals surface area contributed by atoms with Gasteiger partial charge in [0, 0.05) is 56.1 Å². The van der Waals surface area contributed by atoms with E-state index < -0.39 is 0 Å². The van der Waals surface area contributed by atoms with Gasteiger partial charge in [-0.25, -0.2) is 4.98 Å². The number of nitrogens with zero attached hydrogens (tertiary/aromatic N) is 4. The minimum absolute atomic E-state index is 0.133. The fourth-order valence-corrected chi connectivity index (χ4v) is 5.61. The molecule has 8 heteroatoms. The summed E-state index contributed by atoms with van der Waals surface area (Å²) in [6.45, 7) is 7.06. The summed E-state index contributed by atoms with van der Waals surface area (Å²) in [5.74, 6) is 2.15. The molecule has 31 heavy (non-hydrogen) atoms. The molecule has 0 saturated carbocycles. The van der Waals surface area contributed by atoms with Gasteiger partial charge in [0.2, 0.25) is 5.91 Å². The van der Waals surface area contributed by atoms with E-state index in [2.05, 4.69) is 30.3 Å². The zero-order valence-electron chi connectivity index (χ0n) is 18.2. The second-order valence-electron chi connectivity index (χ2n) is 9.27. The molecule has 0 aromatic carbocycles. The summed E-state index contributed by atoms with van der Waals surface area (Å²) < 4.78 is 0. The minimum Gasteiger partial charge on any atom is -0.356 e. The Morgan fingerprint density at radius 1 is 1.26 bits per heavy atom. The van der Waals surface area contributed by atoms with Crippen LogP contribution in [0.3, 0.4) is 0 Å². The number of nitrogens with one attached hydrogen (secondary N) is 2. The first kappa shape index (κ1) is 20.0. The van der Waals surface area contributed by atoms with Gasteiger partial charge in [-0.15, -0.1) is 0 Å². The van der Waals surface area contributed by atoms with Crippen LogP contribution in [0.5, 0.6) is 0 Å². The molecule has 3 atom stereocenters. The summed E-state index contributed by atoms with van der Waals surface area (Å²) in [7, 11) is 0. The van der Waals surface area contributed by atoms with E-state index in [-0.39, 0.29) is 5.91 Å². The molecule has 3 aliphatic heterocycles. The number of amides is 2. The number of rotatable bonds is 4. The van der Waals surface area contributed by atoms with Crippen LogP contribution in [0.4, 0.5) is 5.82 Å². The van der Waals surface area contributed by atoms with Crippen molar-refractivity contribution in [3.63, 3.8) is 0 Å². The SMILES string of the molecule is Cc1n[nH]c(C)c1CNC(=O)c1ccc(N2C[C@H]3C[C@H](C2)[C@H]2CCCC(=O)N2C3)nc1. The number of hydrogen-bond donors (Lipinski definition) is 2. The summed E-state index contributed by atoms with van der Waals surface area (Å²) in [5, 5.41) is 10.1. The van der Waals surface area contributed by atoms with Crippen molar-refractivity contribution in [3.8, 4) is 0 Å². The summed E-state index contributed by atoms with van der Waals surface area (Å²) in [6.07, 6.45) is 5.73. The van der Waals surface area contributed by atoms with Crippen LogP contribution in [-0.2, 0) is 11.3 Å². The highest BCUT2D eigenvalue weighted by Crippen LogP contribution is 2.38. The minimum atomic E-state index is -0.133. The Labute approximate surface area is 182 Å². The first-order chi connectivity index (χ1) is 15.0. The number of H-pyrrole nitrogens is 1. The van der Waals surface area contributed by atoms with Crippen LogP contribution < -0.4 is 10.2 Å². The number of aryl methyl sites for hydroxylation is 2. The summed E-state index contributed by atoms with van der Waals surface area (Å²) in [4.78, 5) is 34.0. The van der Waals surface area contributed by atoms with Crippen LogP contribution in [0.2, 0.25) is 0 Å². The van der Waals surface area contributed by atoms with Crippen LogP contribution in [0.1, 0.15) is 53.0 Å². The lowest BCUT2D eigenvalue weighted by molar-refractivity contribution is -0.142. The van der Waals surface area contributed by atoms with E-state index in [1.54, 1.807) is 6.20 Å². The number of piperidine rings is 3. The molecular formula is C23H30N6O2. The summed E-state index contributed by atoms with van der Waals surface area (Å²) in [6, 6.07) is 4.20. The molecule has 0 spiro atoms. The van der Waals surface area contributed by atoms with Crippen LogP contribution in [0.15, 0.2) is 18.3 Å². The molecular weight excluding hydrogens is 392 g/mol. The predicted octanol–water partition coefficient (Wildman–Crippen LogP) is 2.19. The molecule has 5 rings (SSSR count). The van der Waals surface area contributed by atoms with Crippen molar-refractivity contribution in [2.75, 3.05) is 24.5 Å². The van der Waals surface area contributed by atoms with E-state index in [1.165, 1.54) is 6.42 Å². The van der Waals surface area contributed by atoms with Gasteiger partial charge >= 0.3 is 0 Å². The topological polar surface area (TPSA) is 94.2 Å². The summed E-state index contributed by atoms with van der Waals surface area (Å²) in [5.41, 5.74) is 3.46. The molecule has 3 fully saturated rings. The van der Waals surface area contributed by atoms with Gasteiger partial charge in [-0.2, -0.15) is 5.10 Å². The zero-order valence-corrected chi connectivity index (χ0v) is 18.2. The molecule has 5 heterocycles. The number of anilines is 1. The average Bonchev–Trinajstić information content (AvgIpc) is 3.10. The van der Waals surface area contributed by atoms with Crippen molar-refractivity contribution in [2.24, 2.45) is 11.8 Å². The molecule has 0 unspecified atom stereocenters. The standard InChI is InChI=1S/C23H30N6O2/c1-14-19(15(2)27-26-14)10-25-23(31)17-6-7-21(24-9-17)28-11-16-8-18(13-28)20-4-3-5-22(30)29(20)12-16/h6-7,9,16,18,20H,3-5,8,10-13H2,1-2H3,(H,25,31)(H,26,27)/t16-,18-,20-/m1/s1. The second-order valence-corrected chi connectivity index (χ2v) is 9.27. The molecule has 2 amide bonds. The zero-order chi connectivity index (χ0) is 21.5. The molecule has 164 valence electrons. The fraction of sp³-hybridized carbons (Fsp3) is 0.565. The first-order valence-corrected chi connectivity index (χ1v) is 11.3. The van der Waals surface area contributed by atoms with Gasteiger partial charge in [0.25, 0.3) is 5.91 Å². The van der Waals surface area contributed by atoms with Gasteiger partial charge in [-0.1, -0.05) is 0 Å². The molecule has 0 radical (unpaired) electrons. The van der Waals surface area contributed by atoms with Gasteiger partial charge < -0.3 is 15.1 Å². The van der Waals surface area contributed by atoms with E-state index in [0.29, 0.717) is 42.3 Å². The van der Waals surface area contributed by atoms with E-state index in [0.717, 1.165) is 55.2 Å². The Balaban J connectivity index is 1.23. The van der Waals surface area contributed by atoms with Crippen LogP contribution in [0.25, 0.3) is 0 Å². The van der Waals surface area contributed by atoms with Crippen LogP contribution in [0, 0.1) is 25.7 Å². The highest BCUT2D eigenvalue weighted by molar-refractivity contribution is 5.94. The number of fused-ring (bicyclic) bond motifs is 4. The van der Waals surface area contributed by atoms with Crippen molar-refractivity contribution in [3.05, 3.63) is 40.8 Å². The lowest BCUT2D eigenvalue weighted by atomic mass is 9.76. The van der Waals surface area contributed by atoms with Gasteiger partial charge in [0.05, 0.1) is 11.3 Å². The van der Waals surface area contributed by atoms with Crippen molar-refractivity contribution in [2.45, 2.75) is 52.1 Å². The monoisotopic (exact) mass is 422 g/mol. The average molecular weight is 423 g/mol. The number of aromatic amines is 1. The molecule has 2 N–H and O–H groups in total. The molecule has 2 bridgehead atoms. The second kappa shape index (κ2) is 7.98. The number of pyridine rings is 1. The molecule has 2 aromatic heterocycles. The van der Waals surface area contributed by atoms with Gasteiger partial charge in [-0.3, -0.25) is 14.7 Å². The number of carbonyl (C=O) groups is 2. The number of carbonyl (C=O) groups excluding carboxylic acids is 2. The van der Waals surface area contributed by atoms with E-state index in [9.17, 15) is 9.59 Å². The van der Waals surface area contributed by atoms with E-state index in [1.807, 2.05) is 26.0 Å². The van der Waals surface area contributed by atoms with Gasteiger partial charge in [0.15, 0.2) is 0 Å². The Hall–Kier alpha value is -2.90. The summed E-state index contributed by atoms with van der Waals surface area (Å²) >= 11 is 0. The number of hydrogen-bond acceptors (Lipinski definition) is 5. The van der Waals surface area contributed by atoms with Crippen molar-refractivity contribution in [1.29, 1.82) is 0 Å². The third-order valence-electron chi connectivity index (χ3n) is 7.22. The highest BCUT2D eigenvalue weighted by Gasteiger charge is 2.44. The maximum atomic E-state index is 12.6. The van der Waals surface area contributed by atoms with Gasteiger partial charge in [0.1, 0.15) is 5.82 Å². The third kappa shape index (κ3) is 3.79. The van der Waals surface area contributed by atoms with Crippen LogP contribution >= 0.6 is 0 Å². The highest BCUT2D eigenvalue weighted by atomic mass is 16.2. The maximum absolute atomic E-state index is 12.6. The third-order valence-corrected chi connectivity index (χ3v) is 7.22. The lowest BCUT2D eigenvalue weighted by Crippen LogP contribution is -2.60. The predicted molar refractivity (Wildman–Crippen MR) is 117 cm³/mol. The molecule has 0 aliphatic carbocycles. The smallest absolute Gasteiger partial charge is 0.253 e. The van der Waals surface area contributed by atoms with E-state index in [4.69, 9.17) is 0 Å². The largest absolute Gasteiger partial charge is 0.356 e. The molecule has 3 aliphatic rings. The number of aromatic nitrogens is 3. The van der Waals surface area contributed by atoms with Crippen molar-refractivity contribution < 1.29 is 9.59 Å². The molecule has 8 nitrogen and oxygen atoms in total. The Bertz CT molecular complexity index is 965. The van der Waals surface area contributed by atoms with E-state index >= 15 is 0 Å². The fourth-order valence-electron chi connectivity index (χ4n) is 5.61. The van der Waals surface area contributed by atoms with Crippen molar-refractivity contribution in [1.82, 2.24) is 25.4 Å². The maximum Gasteiger partial charge on any atom is 0.253 e.